The van der Waals surface area contributed by atoms with E-state index in [1.165, 1.54) is 5.75 Å². The first kappa shape index (κ1) is 15.1. The highest BCUT2D eigenvalue weighted by Crippen LogP contribution is 2.25. The number of nitrogens with two attached hydrogens (primary N) is 1. The summed E-state index contributed by atoms with van der Waals surface area (Å²) in [4.78, 5) is 14.5. The van der Waals surface area contributed by atoms with Crippen LogP contribution in [0, 0.1) is 0 Å². The summed E-state index contributed by atoms with van der Waals surface area (Å²) < 4.78 is 5.69. The predicted octanol–water partition coefficient (Wildman–Crippen LogP) is 1.63. The summed E-state index contributed by atoms with van der Waals surface area (Å²) >= 11 is 1.95. The smallest absolute Gasteiger partial charge is 0.222 e. The van der Waals surface area contributed by atoms with Gasteiger partial charge in [-0.05, 0) is 38.4 Å². The topological polar surface area (TPSA) is 55.6 Å². The monoisotopic (exact) mass is 286 g/mol. The zero-order valence-electron chi connectivity index (χ0n) is 11.8. The molecule has 0 aromatic rings. The van der Waals surface area contributed by atoms with Gasteiger partial charge in [-0.15, -0.1) is 0 Å². The number of thioether (sulfide) groups is 1. The van der Waals surface area contributed by atoms with Crippen molar-refractivity contribution in [3.63, 3.8) is 0 Å². The molecule has 0 bridgehead atoms. The maximum absolute atomic E-state index is 12.4. The second-order valence-corrected chi connectivity index (χ2v) is 6.86. The molecule has 0 spiro atoms. The first-order chi connectivity index (χ1) is 9.16. The molecule has 2 saturated heterocycles. The third-order valence-electron chi connectivity index (χ3n) is 3.90. The van der Waals surface area contributed by atoms with Crippen molar-refractivity contribution in [2.45, 2.75) is 57.2 Å². The van der Waals surface area contributed by atoms with Gasteiger partial charge in [0.05, 0.1) is 6.10 Å². The third kappa shape index (κ3) is 4.65. The van der Waals surface area contributed by atoms with Gasteiger partial charge in [-0.2, -0.15) is 11.8 Å². The zero-order chi connectivity index (χ0) is 13.7. The van der Waals surface area contributed by atoms with Crippen LogP contribution in [0.2, 0.25) is 0 Å². The minimum Gasteiger partial charge on any atom is -0.376 e. The van der Waals surface area contributed by atoms with Crippen molar-refractivity contribution in [3.05, 3.63) is 0 Å². The van der Waals surface area contributed by atoms with Gasteiger partial charge >= 0.3 is 0 Å². The first-order valence-electron chi connectivity index (χ1n) is 7.41. The number of nitrogens with zero attached hydrogens (tertiary/aromatic N) is 1. The number of hydrogen-bond donors (Lipinski definition) is 1. The predicted molar refractivity (Wildman–Crippen MR) is 79.3 cm³/mol. The summed E-state index contributed by atoms with van der Waals surface area (Å²) in [7, 11) is 0. The van der Waals surface area contributed by atoms with E-state index in [2.05, 4.69) is 4.90 Å². The van der Waals surface area contributed by atoms with E-state index < -0.39 is 0 Å². The minimum atomic E-state index is 0.103. The summed E-state index contributed by atoms with van der Waals surface area (Å²) in [6.45, 7) is 3.60. The SMILES string of the molecule is CC(N)CCC(=O)N(CC1CCCO1)C1CCSC1. The van der Waals surface area contributed by atoms with E-state index in [0.717, 1.165) is 44.6 Å². The van der Waals surface area contributed by atoms with Gasteiger partial charge in [0.15, 0.2) is 0 Å². The van der Waals surface area contributed by atoms with Gasteiger partial charge in [-0.25, -0.2) is 0 Å². The Labute approximate surface area is 120 Å². The number of hydrogen-bond acceptors (Lipinski definition) is 4. The molecule has 0 saturated carbocycles. The van der Waals surface area contributed by atoms with E-state index in [1.807, 2.05) is 18.7 Å². The van der Waals surface area contributed by atoms with Crippen molar-refractivity contribution >= 4 is 17.7 Å². The van der Waals surface area contributed by atoms with Crippen LogP contribution < -0.4 is 5.73 Å². The van der Waals surface area contributed by atoms with Crippen molar-refractivity contribution < 1.29 is 9.53 Å². The lowest BCUT2D eigenvalue weighted by atomic mass is 10.1. The number of carbonyl (C=O) groups is 1. The van der Waals surface area contributed by atoms with Crippen LogP contribution in [0.5, 0.6) is 0 Å². The van der Waals surface area contributed by atoms with Crippen molar-refractivity contribution in [2.24, 2.45) is 5.73 Å². The van der Waals surface area contributed by atoms with Gasteiger partial charge in [-0.1, -0.05) is 0 Å². The Morgan fingerprint density at radius 1 is 1.53 bits per heavy atom. The second kappa shape index (κ2) is 7.50. The van der Waals surface area contributed by atoms with Crippen molar-refractivity contribution in [2.75, 3.05) is 24.7 Å². The molecular weight excluding hydrogens is 260 g/mol. The molecule has 1 amide bonds. The Balaban J connectivity index is 1.89. The highest BCUT2D eigenvalue weighted by molar-refractivity contribution is 7.99. The minimum absolute atomic E-state index is 0.103. The number of amides is 1. The summed E-state index contributed by atoms with van der Waals surface area (Å²) in [6, 6.07) is 0.515. The molecule has 0 aromatic heterocycles. The maximum atomic E-state index is 12.4. The van der Waals surface area contributed by atoms with Crippen LogP contribution in [0.3, 0.4) is 0 Å². The van der Waals surface area contributed by atoms with Gasteiger partial charge in [0.2, 0.25) is 5.91 Å². The Bertz CT molecular complexity index is 287. The molecule has 2 aliphatic rings. The van der Waals surface area contributed by atoms with Crippen LogP contribution in [-0.4, -0.2) is 53.7 Å². The van der Waals surface area contributed by atoms with Crippen LogP contribution in [0.15, 0.2) is 0 Å². The van der Waals surface area contributed by atoms with Crippen LogP contribution in [0.1, 0.15) is 39.0 Å². The van der Waals surface area contributed by atoms with Gasteiger partial charge in [0, 0.05) is 37.4 Å². The molecule has 2 N–H and O–H groups in total. The molecule has 2 fully saturated rings. The molecule has 3 unspecified atom stereocenters. The van der Waals surface area contributed by atoms with Crippen molar-refractivity contribution in [1.82, 2.24) is 4.90 Å². The van der Waals surface area contributed by atoms with Gasteiger partial charge in [0.25, 0.3) is 0 Å². The average Bonchev–Trinajstić information content (AvgIpc) is 3.05. The van der Waals surface area contributed by atoms with E-state index in [0.29, 0.717) is 12.5 Å². The quantitative estimate of drug-likeness (QED) is 0.806. The number of carbonyl (C=O) groups excluding carboxylic acids is 1. The van der Waals surface area contributed by atoms with Crippen molar-refractivity contribution in [1.29, 1.82) is 0 Å². The summed E-state index contributed by atoms with van der Waals surface area (Å²) in [6.07, 6.45) is 4.96. The van der Waals surface area contributed by atoms with Crippen LogP contribution in [0.25, 0.3) is 0 Å². The van der Waals surface area contributed by atoms with Gasteiger partial charge in [0.1, 0.15) is 0 Å². The fourth-order valence-electron chi connectivity index (χ4n) is 2.72. The van der Waals surface area contributed by atoms with E-state index in [-0.39, 0.29) is 18.1 Å². The lowest BCUT2D eigenvalue weighted by molar-refractivity contribution is -0.135. The number of rotatable bonds is 6. The van der Waals surface area contributed by atoms with E-state index >= 15 is 0 Å². The van der Waals surface area contributed by atoms with E-state index in [4.69, 9.17) is 10.5 Å². The molecule has 19 heavy (non-hydrogen) atoms. The molecule has 2 heterocycles. The largest absolute Gasteiger partial charge is 0.376 e. The molecule has 4 nitrogen and oxygen atoms in total. The average molecular weight is 286 g/mol. The molecule has 0 radical (unpaired) electrons. The molecule has 2 rings (SSSR count). The lowest BCUT2D eigenvalue weighted by Crippen LogP contribution is -2.45. The Kier molecular flexibility index (Phi) is 5.98. The zero-order valence-corrected chi connectivity index (χ0v) is 12.7. The van der Waals surface area contributed by atoms with E-state index in [1.54, 1.807) is 0 Å². The van der Waals surface area contributed by atoms with E-state index in [9.17, 15) is 4.79 Å². The highest BCUT2D eigenvalue weighted by Gasteiger charge is 2.30. The van der Waals surface area contributed by atoms with Crippen LogP contribution in [-0.2, 0) is 9.53 Å². The summed E-state index contributed by atoms with van der Waals surface area (Å²) in [5.41, 5.74) is 5.76. The van der Waals surface area contributed by atoms with Crippen LogP contribution in [0.4, 0.5) is 0 Å². The molecule has 110 valence electrons. The van der Waals surface area contributed by atoms with Gasteiger partial charge in [-0.3, -0.25) is 4.79 Å². The molecule has 0 aromatic carbocycles. The van der Waals surface area contributed by atoms with Gasteiger partial charge < -0.3 is 15.4 Å². The first-order valence-corrected chi connectivity index (χ1v) is 8.56. The molecule has 2 aliphatic heterocycles. The fraction of sp³-hybridized carbons (Fsp3) is 0.929. The third-order valence-corrected chi connectivity index (χ3v) is 5.05. The Hall–Kier alpha value is -0.260. The molecule has 0 aliphatic carbocycles. The standard InChI is InChI=1S/C14H26N2O2S/c1-11(15)4-5-14(17)16(12-6-8-19-10-12)9-13-3-2-7-18-13/h11-13H,2-10,15H2,1H3. The Morgan fingerprint density at radius 3 is 2.95 bits per heavy atom. The van der Waals surface area contributed by atoms with Crippen molar-refractivity contribution in [3.8, 4) is 0 Å². The summed E-state index contributed by atoms with van der Waals surface area (Å²) in [5.74, 6) is 2.52. The number of ether oxygens (including phenoxy) is 1. The molecular formula is C14H26N2O2S. The maximum Gasteiger partial charge on any atom is 0.222 e. The normalized spacial score (nSPS) is 28.5. The summed E-state index contributed by atoms with van der Waals surface area (Å²) in [5, 5.41) is 0. The highest BCUT2D eigenvalue weighted by atomic mass is 32.2. The fourth-order valence-corrected chi connectivity index (χ4v) is 3.95. The Morgan fingerprint density at radius 2 is 2.37 bits per heavy atom. The van der Waals surface area contributed by atoms with Crippen LogP contribution >= 0.6 is 11.8 Å². The lowest BCUT2D eigenvalue weighted by Gasteiger charge is -2.31. The molecule has 5 heteroatoms. The molecule has 3 atom stereocenters. The second-order valence-electron chi connectivity index (χ2n) is 5.71.